The maximum Gasteiger partial charge on any atom is 0.371 e. The minimum Gasteiger partial charge on any atom is -0.475 e. The Labute approximate surface area is 112 Å². The Balaban J connectivity index is 2.64. The molecule has 1 amide bonds. The zero-order valence-electron chi connectivity index (χ0n) is 11.5. The molecular weight excluding hydrogens is 248 g/mol. The third-order valence-electron chi connectivity index (χ3n) is 2.73. The molecule has 106 valence electrons. The van der Waals surface area contributed by atoms with Crippen molar-refractivity contribution >= 4 is 11.9 Å². The van der Waals surface area contributed by atoms with E-state index < -0.39 is 5.97 Å². The van der Waals surface area contributed by atoms with E-state index in [1.807, 2.05) is 25.9 Å². The summed E-state index contributed by atoms with van der Waals surface area (Å²) in [6, 6.07) is 2.70. The zero-order valence-corrected chi connectivity index (χ0v) is 11.5. The lowest BCUT2D eigenvalue weighted by Crippen LogP contribution is -2.33. The molecule has 6 heteroatoms. The van der Waals surface area contributed by atoms with Gasteiger partial charge in [-0.2, -0.15) is 0 Å². The molecule has 0 atom stereocenters. The third kappa shape index (κ3) is 4.40. The van der Waals surface area contributed by atoms with E-state index >= 15 is 0 Å². The molecule has 0 saturated carbocycles. The molecular formula is C13H20N2O4. The van der Waals surface area contributed by atoms with Crippen molar-refractivity contribution in [3.05, 3.63) is 23.7 Å². The number of amides is 1. The van der Waals surface area contributed by atoms with Gasteiger partial charge in [-0.05, 0) is 46.1 Å². The zero-order chi connectivity index (χ0) is 14.4. The van der Waals surface area contributed by atoms with Crippen LogP contribution in [-0.4, -0.2) is 60.5 Å². The Morgan fingerprint density at radius 3 is 2.32 bits per heavy atom. The molecule has 0 unspecified atom stereocenters. The first-order valence-electron chi connectivity index (χ1n) is 6.22. The number of rotatable bonds is 7. The van der Waals surface area contributed by atoms with E-state index in [1.54, 1.807) is 4.90 Å². The first kappa shape index (κ1) is 15.2. The molecule has 6 nitrogen and oxygen atoms in total. The average molecular weight is 268 g/mol. The number of aromatic carboxylic acids is 1. The second-order valence-corrected chi connectivity index (χ2v) is 4.51. The van der Waals surface area contributed by atoms with Gasteiger partial charge < -0.3 is 19.3 Å². The van der Waals surface area contributed by atoms with Crippen LogP contribution < -0.4 is 0 Å². The topological polar surface area (TPSA) is 74.0 Å². The Morgan fingerprint density at radius 1 is 1.21 bits per heavy atom. The average Bonchev–Trinajstić information content (AvgIpc) is 2.83. The second kappa shape index (κ2) is 6.94. The lowest BCUT2D eigenvalue weighted by Gasteiger charge is -2.20. The number of carbonyl (C=O) groups excluding carboxylic acids is 1. The molecule has 0 aliphatic rings. The van der Waals surface area contributed by atoms with Crippen LogP contribution in [0.1, 0.15) is 34.5 Å². The van der Waals surface area contributed by atoms with Crippen LogP contribution in [0.3, 0.4) is 0 Å². The Kier molecular flexibility index (Phi) is 5.57. The molecule has 1 aromatic heterocycles. The van der Waals surface area contributed by atoms with E-state index in [4.69, 9.17) is 9.52 Å². The molecule has 1 aromatic rings. The summed E-state index contributed by atoms with van der Waals surface area (Å²) < 4.78 is 5.02. The van der Waals surface area contributed by atoms with E-state index in [9.17, 15) is 9.59 Å². The van der Waals surface area contributed by atoms with Gasteiger partial charge in [0.15, 0.2) is 5.76 Å². The van der Waals surface area contributed by atoms with Gasteiger partial charge in [-0.25, -0.2) is 4.79 Å². The Bertz CT molecular complexity index is 440. The highest BCUT2D eigenvalue weighted by atomic mass is 16.4. The summed E-state index contributed by atoms with van der Waals surface area (Å²) in [5, 5.41) is 8.75. The van der Waals surface area contributed by atoms with Crippen molar-refractivity contribution in [1.29, 1.82) is 0 Å². The highest BCUT2D eigenvalue weighted by Gasteiger charge is 2.19. The van der Waals surface area contributed by atoms with E-state index in [2.05, 4.69) is 0 Å². The Hall–Kier alpha value is -1.82. The molecule has 0 spiro atoms. The van der Waals surface area contributed by atoms with Gasteiger partial charge >= 0.3 is 5.97 Å². The van der Waals surface area contributed by atoms with Gasteiger partial charge in [0.2, 0.25) is 5.76 Å². The number of carboxylic acid groups (broad SMARTS) is 1. The van der Waals surface area contributed by atoms with Crippen LogP contribution in [0.2, 0.25) is 0 Å². The SMILES string of the molecule is CCN(CCCN(C)C)C(=O)c1ccc(C(=O)O)o1. The largest absolute Gasteiger partial charge is 0.475 e. The summed E-state index contributed by atoms with van der Waals surface area (Å²) in [6.07, 6.45) is 0.860. The van der Waals surface area contributed by atoms with Crippen molar-refractivity contribution in [3.63, 3.8) is 0 Å². The van der Waals surface area contributed by atoms with E-state index in [1.165, 1.54) is 12.1 Å². The molecule has 0 saturated heterocycles. The van der Waals surface area contributed by atoms with Crippen molar-refractivity contribution in [2.45, 2.75) is 13.3 Å². The fourth-order valence-corrected chi connectivity index (χ4v) is 1.70. The third-order valence-corrected chi connectivity index (χ3v) is 2.73. The van der Waals surface area contributed by atoms with Crippen molar-refractivity contribution in [2.24, 2.45) is 0 Å². The van der Waals surface area contributed by atoms with Crippen molar-refractivity contribution in [1.82, 2.24) is 9.80 Å². The fraction of sp³-hybridized carbons (Fsp3) is 0.538. The molecule has 0 fully saturated rings. The molecule has 0 aromatic carbocycles. The molecule has 1 rings (SSSR count). The molecule has 0 aliphatic carbocycles. The van der Waals surface area contributed by atoms with Gasteiger partial charge in [-0.15, -0.1) is 0 Å². The van der Waals surface area contributed by atoms with Gasteiger partial charge in [0.25, 0.3) is 5.91 Å². The summed E-state index contributed by atoms with van der Waals surface area (Å²) in [5.74, 6) is -1.58. The Morgan fingerprint density at radius 2 is 1.84 bits per heavy atom. The number of carbonyl (C=O) groups is 2. The van der Waals surface area contributed by atoms with Crippen LogP contribution in [0.4, 0.5) is 0 Å². The monoisotopic (exact) mass is 268 g/mol. The number of furan rings is 1. The van der Waals surface area contributed by atoms with Crippen LogP contribution in [0.15, 0.2) is 16.5 Å². The van der Waals surface area contributed by atoms with Gasteiger partial charge in [-0.3, -0.25) is 4.79 Å². The second-order valence-electron chi connectivity index (χ2n) is 4.51. The van der Waals surface area contributed by atoms with E-state index in [0.29, 0.717) is 13.1 Å². The minimum absolute atomic E-state index is 0.0732. The number of hydrogen-bond acceptors (Lipinski definition) is 4. The molecule has 0 aliphatic heterocycles. The number of carboxylic acids is 1. The lowest BCUT2D eigenvalue weighted by atomic mass is 10.3. The van der Waals surface area contributed by atoms with Gasteiger partial charge in [-0.1, -0.05) is 0 Å². The quantitative estimate of drug-likeness (QED) is 0.809. The minimum atomic E-state index is -1.17. The van der Waals surface area contributed by atoms with E-state index in [-0.39, 0.29) is 17.4 Å². The van der Waals surface area contributed by atoms with Crippen LogP contribution in [-0.2, 0) is 0 Å². The molecule has 1 heterocycles. The van der Waals surface area contributed by atoms with Crippen LogP contribution in [0.25, 0.3) is 0 Å². The van der Waals surface area contributed by atoms with Gasteiger partial charge in [0.1, 0.15) is 0 Å². The van der Waals surface area contributed by atoms with Crippen LogP contribution >= 0.6 is 0 Å². The fourth-order valence-electron chi connectivity index (χ4n) is 1.70. The molecule has 19 heavy (non-hydrogen) atoms. The standard InChI is InChI=1S/C13H20N2O4/c1-4-15(9-5-8-14(2)3)12(16)10-6-7-11(19-10)13(17)18/h6-7H,4-5,8-9H2,1-3H3,(H,17,18). The molecule has 0 bridgehead atoms. The summed E-state index contributed by atoms with van der Waals surface area (Å²) in [5.41, 5.74) is 0. The highest BCUT2D eigenvalue weighted by Crippen LogP contribution is 2.11. The molecule has 0 radical (unpaired) electrons. The summed E-state index contributed by atoms with van der Waals surface area (Å²) in [4.78, 5) is 26.5. The molecule has 1 N–H and O–H groups in total. The maximum atomic E-state index is 12.1. The van der Waals surface area contributed by atoms with Crippen LogP contribution in [0, 0.1) is 0 Å². The number of hydrogen-bond donors (Lipinski definition) is 1. The first-order chi connectivity index (χ1) is 8.95. The maximum absolute atomic E-state index is 12.1. The smallest absolute Gasteiger partial charge is 0.371 e. The highest BCUT2D eigenvalue weighted by molar-refractivity contribution is 5.93. The normalized spacial score (nSPS) is 10.7. The first-order valence-corrected chi connectivity index (χ1v) is 6.22. The van der Waals surface area contributed by atoms with Crippen LogP contribution in [0.5, 0.6) is 0 Å². The van der Waals surface area contributed by atoms with Crippen molar-refractivity contribution < 1.29 is 19.1 Å². The van der Waals surface area contributed by atoms with Crippen molar-refractivity contribution in [2.75, 3.05) is 33.7 Å². The number of nitrogens with zero attached hydrogens (tertiary/aromatic N) is 2. The summed E-state index contributed by atoms with van der Waals surface area (Å²) >= 11 is 0. The van der Waals surface area contributed by atoms with Gasteiger partial charge in [0.05, 0.1) is 0 Å². The lowest BCUT2D eigenvalue weighted by molar-refractivity contribution is 0.0650. The van der Waals surface area contributed by atoms with E-state index in [0.717, 1.165) is 13.0 Å². The van der Waals surface area contributed by atoms with Gasteiger partial charge in [0, 0.05) is 13.1 Å². The summed E-state index contributed by atoms with van der Waals surface area (Å²) in [6.45, 7) is 3.96. The predicted molar refractivity (Wildman–Crippen MR) is 70.4 cm³/mol. The predicted octanol–water partition coefficient (Wildman–Crippen LogP) is 1.39. The van der Waals surface area contributed by atoms with Crippen molar-refractivity contribution in [3.8, 4) is 0 Å². The summed E-state index contributed by atoms with van der Waals surface area (Å²) in [7, 11) is 3.95.